The Balaban J connectivity index is 1.54. The van der Waals surface area contributed by atoms with E-state index >= 15 is 0 Å². The Bertz CT molecular complexity index is 1000. The first kappa shape index (κ1) is 22.5. The summed E-state index contributed by atoms with van der Waals surface area (Å²) in [5.41, 5.74) is 1.95. The zero-order chi connectivity index (χ0) is 23.0. The second kappa shape index (κ2) is 8.69. The number of aromatic nitrogens is 2. The Morgan fingerprint density at radius 3 is 2.47 bits per heavy atom. The van der Waals surface area contributed by atoms with Crippen LogP contribution in [0.3, 0.4) is 0 Å². The average Bonchev–Trinajstić information content (AvgIpc) is 2.77. The number of carbonyl (C=O) groups is 1. The fourth-order valence-electron chi connectivity index (χ4n) is 4.62. The quantitative estimate of drug-likeness (QED) is 0.721. The molecule has 2 aliphatic heterocycles. The minimum absolute atomic E-state index is 0.111. The lowest BCUT2D eigenvalue weighted by Gasteiger charge is -2.35. The van der Waals surface area contributed by atoms with Crippen LogP contribution in [0.4, 0.5) is 19.0 Å². The van der Waals surface area contributed by atoms with Crippen molar-refractivity contribution in [2.45, 2.75) is 44.9 Å². The molecule has 9 heteroatoms. The number of likely N-dealkylation sites (tertiary alicyclic amines) is 1. The van der Waals surface area contributed by atoms with Crippen molar-refractivity contribution in [3.63, 3.8) is 0 Å². The van der Waals surface area contributed by atoms with Crippen LogP contribution < -0.4 is 4.90 Å². The monoisotopic (exact) mass is 447 g/mol. The number of piperidine rings is 1. The van der Waals surface area contributed by atoms with E-state index in [4.69, 9.17) is 0 Å². The first-order chi connectivity index (χ1) is 15.1. The third-order valence-corrected chi connectivity index (χ3v) is 6.59. The van der Waals surface area contributed by atoms with Crippen molar-refractivity contribution >= 4 is 11.7 Å². The molecule has 2 aromatic rings. The van der Waals surface area contributed by atoms with E-state index in [1.165, 1.54) is 12.4 Å². The molecular formula is C23H28F3N5O. The minimum atomic E-state index is -4.37. The zero-order valence-electron chi connectivity index (χ0n) is 18.6. The maximum absolute atomic E-state index is 13.2. The Kier molecular flexibility index (Phi) is 6.11. The molecule has 0 spiro atoms. The highest BCUT2D eigenvalue weighted by Gasteiger charge is 2.32. The maximum atomic E-state index is 13.2. The van der Waals surface area contributed by atoms with Crippen molar-refractivity contribution in [2.75, 3.05) is 38.6 Å². The fraction of sp³-hybridized carbons (Fsp3) is 0.522. The molecule has 1 aromatic carbocycles. The van der Waals surface area contributed by atoms with Gasteiger partial charge in [0.2, 0.25) is 0 Å². The van der Waals surface area contributed by atoms with Gasteiger partial charge in [-0.2, -0.15) is 13.2 Å². The molecule has 4 rings (SSSR count). The van der Waals surface area contributed by atoms with Gasteiger partial charge >= 0.3 is 6.18 Å². The van der Waals surface area contributed by atoms with Crippen molar-refractivity contribution in [1.29, 1.82) is 0 Å². The first-order valence-corrected chi connectivity index (χ1v) is 10.9. The number of fused-ring (bicyclic) bond motifs is 1. The smallest absolute Gasteiger partial charge is 0.352 e. The molecule has 0 saturated carbocycles. The van der Waals surface area contributed by atoms with Crippen LogP contribution >= 0.6 is 0 Å². The Labute approximate surface area is 186 Å². The minimum Gasteiger partial charge on any atom is -0.352 e. The highest BCUT2D eigenvalue weighted by Crippen LogP contribution is 2.33. The highest BCUT2D eigenvalue weighted by atomic mass is 19.4. The first-order valence-electron chi connectivity index (χ1n) is 10.9. The number of carbonyl (C=O) groups excluding carboxylic acids is 1. The number of benzene rings is 1. The molecule has 32 heavy (non-hydrogen) atoms. The summed E-state index contributed by atoms with van der Waals surface area (Å²) in [6, 6.07) is 4.39. The van der Waals surface area contributed by atoms with Gasteiger partial charge in [0.05, 0.1) is 5.56 Å². The van der Waals surface area contributed by atoms with Crippen LogP contribution in [-0.4, -0.2) is 65.4 Å². The summed E-state index contributed by atoms with van der Waals surface area (Å²) in [7, 11) is 4.11. The molecule has 0 N–H and O–H groups in total. The van der Waals surface area contributed by atoms with Gasteiger partial charge in [0.15, 0.2) is 0 Å². The molecule has 6 nitrogen and oxygen atoms in total. The summed E-state index contributed by atoms with van der Waals surface area (Å²) in [4.78, 5) is 27.8. The van der Waals surface area contributed by atoms with Crippen LogP contribution in [0.5, 0.6) is 0 Å². The van der Waals surface area contributed by atoms with E-state index < -0.39 is 11.7 Å². The van der Waals surface area contributed by atoms with E-state index in [1.807, 2.05) is 16.7 Å². The van der Waals surface area contributed by atoms with Crippen molar-refractivity contribution in [1.82, 2.24) is 19.8 Å². The van der Waals surface area contributed by atoms with Gasteiger partial charge in [-0.1, -0.05) is 6.07 Å². The molecule has 0 bridgehead atoms. The van der Waals surface area contributed by atoms with E-state index in [1.54, 1.807) is 6.07 Å². The SMILES string of the molecule is Cc1c(C(=O)N2CCC(N(C)C)CC2)ncnc1N1CCc2ccc(C(F)(F)F)cc2C1. The van der Waals surface area contributed by atoms with Gasteiger partial charge < -0.3 is 14.7 Å². The molecule has 172 valence electrons. The summed E-state index contributed by atoms with van der Waals surface area (Å²) in [5.74, 6) is 0.495. The second-order valence-electron chi connectivity index (χ2n) is 8.81. The molecule has 0 atom stereocenters. The van der Waals surface area contributed by atoms with Gasteiger partial charge in [0.25, 0.3) is 5.91 Å². The molecule has 0 aliphatic carbocycles. The van der Waals surface area contributed by atoms with Crippen molar-refractivity contribution in [3.05, 3.63) is 52.5 Å². The lowest BCUT2D eigenvalue weighted by molar-refractivity contribution is -0.137. The number of nitrogens with zero attached hydrogens (tertiary/aromatic N) is 5. The number of halogens is 3. The van der Waals surface area contributed by atoms with Gasteiger partial charge in [0, 0.05) is 37.8 Å². The summed E-state index contributed by atoms with van der Waals surface area (Å²) < 4.78 is 39.5. The van der Waals surface area contributed by atoms with Crippen molar-refractivity contribution in [3.8, 4) is 0 Å². The van der Waals surface area contributed by atoms with Gasteiger partial charge in [-0.05, 0) is 63.5 Å². The number of anilines is 1. The number of alkyl halides is 3. The predicted octanol–water partition coefficient (Wildman–Crippen LogP) is 3.53. The lowest BCUT2D eigenvalue weighted by atomic mass is 9.97. The van der Waals surface area contributed by atoms with Crippen LogP contribution in [0.1, 0.15) is 45.6 Å². The molecule has 1 fully saturated rings. The van der Waals surface area contributed by atoms with Gasteiger partial charge in [0.1, 0.15) is 17.8 Å². The number of hydrogen-bond acceptors (Lipinski definition) is 5. The standard InChI is InChI=1S/C23H28F3N5O/c1-15-20(22(32)30-10-7-19(8-11-30)29(2)3)27-14-28-21(15)31-9-6-16-4-5-18(23(24,25)26)12-17(16)13-31/h4-5,12,14,19H,6-11,13H2,1-3H3. The molecule has 1 aromatic heterocycles. The van der Waals surface area contributed by atoms with Crippen LogP contribution in [-0.2, 0) is 19.1 Å². The van der Waals surface area contributed by atoms with Crippen molar-refractivity contribution < 1.29 is 18.0 Å². The van der Waals surface area contributed by atoms with Crippen LogP contribution in [0.15, 0.2) is 24.5 Å². The maximum Gasteiger partial charge on any atom is 0.416 e. The number of rotatable bonds is 3. The van der Waals surface area contributed by atoms with Crippen LogP contribution in [0, 0.1) is 6.92 Å². The van der Waals surface area contributed by atoms with Gasteiger partial charge in [-0.25, -0.2) is 9.97 Å². The summed E-state index contributed by atoms with van der Waals surface area (Å²) in [6.07, 6.45) is -0.538. The van der Waals surface area contributed by atoms with E-state index in [0.717, 1.165) is 24.5 Å². The van der Waals surface area contributed by atoms with E-state index in [0.29, 0.717) is 61.3 Å². The Hall–Kier alpha value is -2.68. The molecule has 1 amide bonds. The Morgan fingerprint density at radius 1 is 1.09 bits per heavy atom. The summed E-state index contributed by atoms with van der Waals surface area (Å²) in [6.45, 7) is 4.11. The lowest BCUT2D eigenvalue weighted by Crippen LogP contribution is -2.45. The topological polar surface area (TPSA) is 52.6 Å². The van der Waals surface area contributed by atoms with E-state index in [9.17, 15) is 18.0 Å². The average molecular weight is 448 g/mol. The van der Waals surface area contributed by atoms with Gasteiger partial charge in [-0.3, -0.25) is 4.79 Å². The second-order valence-corrected chi connectivity index (χ2v) is 8.81. The molecule has 1 saturated heterocycles. The third kappa shape index (κ3) is 4.44. The largest absolute Gasteiger partial charge is 0.416 e. The van der Waals surface area contributed by atoms with Crippen LogP contribution in [0.25, 0.3) is 0 Å². The molecule has 0 unspecified atom stereocenters. The highest BCUT2D eigenvalue weighted by molar-refractivity contribution is 5.94. The molecule has 0 radical (unpaired) electrons. The van der Waals surface area contributed by atoms with E-state index in [2.05, 4.69) is 29.0 Å². The summed E-state index contributed by atoms with van der Waals surface area (Å²) in [5, 5.41) is 0. The number of amides is 1. The summed E-state index contributed by atoms with van der Waals surface area (Å²) >= 11 is 0. The molecular weight excluding hydrogens is 419 g/mol. The van der Waals surface area contributed by atoms with E-state index in [-0.39, 0.29) is 5.91 Å². The third-order valence-electron chi connectivity index (χ3n) is 6.59. The van der Waals surface area contributed by atoms with Gasteiger partial charge in [-0.15, -0.1) is 0 Å². The normalized spacial score (nSPS) is 17.6. The van der Waals surface area contributed by atoms with Crippen LogP contribution in [0.2, 0.25) is 0 Å². The zero-order valence-corrected chi connectivity index (χ0v) is 18.6. The molecule has 3 heterocycles. The fourth-order valence-corrected chi connectivity index (χ4v) is 4.62. The Morgan fingerprint density at radius 2 is 1.81 bits per heavy atom. The predicted molar refractivity (Wildman–Crippen MR) is 116 cm³/mol. The number of hydrogen-bond donors (Lipinski definition) is 0. The van der Waals surface area contributed by atoms with Crippen molar-refractivity contribution in [2.24, 2.45) is 0 Å². The molecule has 2 aliphatic rings.